The van der Waals surface area contributed by atoms with E-state index in [1.807, 2.05) is 12.1 Å². The molecule has 0 aliphatic heterocycles. The zero-order chi connectivity index (χ0) is 15.8. The highest BCUT2D eigenvalue weighted by atomic mass is 79.9. The van der Waals surface area contributed by atoms with E-state index in [-0.39, 0.29) is 16.1 Å². The first kappa shape index (κ1) is 17.5. The summed E-state index contributed by atoms with van der Waals surface area (Å²) in [5.41, 5.74) is 0.754. The summed E-state index contributed by atoms with van der Waals surface area (Å²) in [4.78, 5) is 0. The number of alkyl halides is 1. The van der Waals surface area contributed by atoms with Crippen molar-refractivity contribution in [2.24, 2.45) is 0 Å². The average Bonchev–Trinajstić information content (AvgIpc) is 2.52. The monoisotopic (exact) mass is 364 g/mol. The van der Waals surface area contributed by atoms with Crippen LogP contribution in [0.5, 0.6) is 0 Å². The average molecular weight is 365 g/mol. The van der Waals surface area contributed by atoms with Gasteiger partial charge >= 0.3 is 0 Å². The lowest BCUT2D eigenvalue weighted by Gasteiger charge is -2.25. The minimum absolute atomic E-state index is 0.0421. The number of halogens is 2. The molecule has 0 amide bonds. The van der Waals surface area contributed by atoms with E-state index in [1.54, 1.807) is 6.07 Å². The van der Waals surface area contributed by atoms with Crippen molar-refractivity contribution in [2.75, 3.05) is 0 Å². The van der Waals surface area contributed by atoms with Crippen LogP contribution in [0.1, 0.15) is 63.4 Å². The van der Waals surface area contributed by atoms with Crippen LogP contribution in [-0.2, 0) is 0 Å². The number of rotatable bonds is 8. The molecule has 120 valence electrons. The highest BCUT2D eigenvalue weighted by molar-refractivity contribution is 9.10. The van der Waals surface area contributed by atoms with Gasteiger partial charge in [0.1, 0.15) is 5.82 Å². The topological polar surface area (TPSA) is 0 Å². The quantitative estimate of drug-likeness (QED) is 0.266. The van der Waals surface area contributed by atoms with E-state index in [4.69, 9.17) is 0 Å². The highest BCUT2D eigenvalue weighted by Gasteiger charge is 2.24. The molecule has 22 heavy (non-hydrogen) atoms. The molecule has 0 spiro atoms. The van der Waals surface area contributed by atoms with Gasteiger partial charge in [-0.15, -0.1) is 0 Å². The molecule has 0 N–H and O–H groups in total. The van der Waals surface area contributed by atoms with Gasteiger partial charge in [0.15, 0.2) is 0 Å². The van der Waals surface area contributed by atoms with Crippen molar-refractivity contribution in [2.45, 2.75) is 62.1 Å². The van der Waals surface area contributed by atoms with Gasteiger partial charge in [-0.3, -0.25) is 0 Å². The van der Waals surface area contributed by atoms with Crippen molar-refractivity contribution in [3.05, 3.63) is 60.0 Å². The number of unbranched alkanes of at least 4 members (excludes halogenated alkanes) is 5. The standard InChI is InChI=1S/C20H26BrF/c1-2-3-4-5-6-9-14-20(21)15-12-17(13-16-20)18-10-7-8-11-19(18)22/h7-8,10-13,15-17H,2-6,9,14H2,1H3. The van der Waals surface area contributed by atoms with E-state index < -0.39 is 0 Å². The van der Waals surface area contributed by atoms with Crippen molar-refractivity contribution < 1.29 is 4.39 Å². The first-order valence-electron chi connectivity index (χ1n) is 8.47. The van der Waals surface area contributed by atoms with E-state index in [9.17, 15) is 4.39 Å². The van der Waals surface area contributed by atoms with Gasteiger partial charge in [0, 0.05) is 5.92 Å². The smallest absolute Gasteiger partial charge is 0.127 e. The van der Waals surface area contributed by atoms with Gasteiger partial charge < -0.3 is 0 Å². The normalized spacial score (nSPS) is 23.9. The van der Waals surface area contributed by atoms with Crippen molar-refractivity contribution in [3.8, 4) is 0 Å². The minimum atomic E-state index is -0.125. The molecule has 0 fully saturated rings. The summed E-state index contributed by atoms with van der Waals surface area (Å²) in [5, 5.41) is 0. The predicted molar refractivity (Wildman–Crippen MR) is 97.1 cm³/mol. The molecule has 0 saturated heterocycles. The van der Waals surface area contributed by atoms with E-state index in [0.29, 0.717) is 0 Å². The Morgan fingerprint density at radius 3 is 2.32 bits per heavy atom. The first-order chi connectivity index (χ1) is 10.6. The second-order valence-corrected chi connectivity index (χ2v) is 7.69. The maximum atomic E-state index is 13.8. The van der Waals surface area contributed by atoms with Crippen molar-refractivity contribution in [1.82, 2.24) is 0 Å². The van der Waals surface area contributed by atoms with Gasteiger partial charge in [0.2, 0.25) is 0 Å². The first-order valence-corrected chi connectivity index (χ1v) is 9.26. The zero-order valence-corrected chi connectivity index (χ0v) is 15.0. The Bertz CT molecular complexity index is 504. The molecular formula is C20H26BrF. The molecule has 0 unspecified atom stereocenters. The molecule has 1 aliphatic carbocycles. The Kier molecular flexibility index (Phi) is 6.88. The molecule has 1 aliphatic rings. The Morgan fingerprint density at radius 1 is 1.00 bits per heavy atom. The molecule has 0 bridgehead atoms. The second-order valence-electron chi connectivity index (χ2n) is 6.21. The number of allylic oxidation sites excluding steroid dienone is 4. The van der Waals surface area contributed by atoms with Gasteiger partial charge in [0.25, 0.3) is 0 Å². The van der Waals surface area contributed by atoms with Gasteiger partial charge in [-0.1, -0.05) is 104 Å². The number of benzene rings is 1. The van der Waals surface area contributed by atoms with Crippen molar-refractivity contribution >= 4 is 15.9 Å². The van der Waals surface area contributed by atoms with Crippen molar-refractivity contribution in [1.29, 1.82) is 0 Å². The summed E-state index contributed by atoms with van der Waals surface area (Å²) in [7, 11) is 0. The molecule has 2 rings (SSSR count). The van der Waals surface area contributed by atoms with Gasteiger partial charge in [0.05, 0.1) is 4.32 Å². The Morgan fingerprint density at radius 2 is 1.64 bits per heavy atom. The summed E-state index contributed by atoms with van der Waals surface area (Å²) >= 11 is 3.83. The van der Waals surface area contributed by atoms with Crippen LogP contribution in [0, 0.1) is 5.82 Å². The molecule has 0 saturated carbocycles. The zero-order valence-electron chi connectivity index (χ0n) is 13.4. The van der Waals surface area contributed by atoms with Crippen molar-refractivity contribution in [3.63, 3.8) is 0 Å². The number of hydrogen-bond acceptors (Lipinski definition) is 0. The van der Waals surface area contributed by atoms with Gasteiger partial charge in [-0.05, 0) is 18.1 Å². The van der Waals surface area contributed by atoms with Gasteiger partial charge in [-0.25, -0.2) is 4.39 Å². The van der Waals surface area contributed by atoms with Crippen LogP contribution in [0.4, 0.5) is 4.39 Å². The highest BCUT2D eigenvalue weighted by Crippen LogP contribution is 2.36. The lowest BCUT2D eigenvalue weighted by atomic mass is 9.88. The summed E-state index contributed by atoms with van der Waals surface area (Å²) in [6.45, 7) is 2.25. The third-order valence-electron chi connectivity index (χ3n) is 4.34. The Labute approximate surface area is 142 Å². The van der Waals surface area contributed by atoms with Crippen LogP contribution in [0.15, 0.2) is 48.6 Å². The number of hydrogen-bond donors (Lipinski definition) is 0. The summed E-state index contributed by atoms with van der Waals surface area (Å²) in [6, 6.07) is 7.03. The van der Waals surface area contributed by atoms with Crippen LogP contribution in [0.25, 0.3) is 0 Å². The molecule has 0 radical (unpaired) electrons. The SMILES string of the molecule is CCCCCCCCC1(Br)C=CC(c2ccccc2F)C=C1. The Hall–Kier alpha value is -0.890. The summed E-state index contributed by atoms with van der Waals surface area (Å²) in [5.74, 6) is -0.0729. The van der Waals surface area contributed by atoms with Crippen LogP contribution >= 0.6 is 15.9 Å². The lowest BCUT2D eigenvalue weighted by molar-refractivity contribution is 0.575. The maximum absolute atomic E-state index is 13.8. The third kappa shape index (κ3) is 5.08. The van der Waals surface area contributed by atoms with Crippen LogP contribution < -0.4 is 0 Å². The second kappa shape index (κ2) is 8.67. The molecule has 0 aromatic heterocycles. The molecular weight excluding hydrogens is 339 g/mol. The predicted octanol–water partition coefficient (Wildman–Crippen LogP) is 6.92. The largest absolute Gasteiger partial charge is 0.207 e. The summed E-state index contributed by atoms with van der Waals surface area (Å²) in [6.07, 6.45) is 17.6. The summed E-state index contributed by atoms with van der Waals surface area (Å²) < 4.78 is 13.8. The fraction of sp³-hybridized carbons (Fsp3) is 0.500. The van der Waals surface area contributed by atoms with E-state index in [0.717, 1.165) is 12.0 Å². The van der Waals surface area contributed by atoms with Crippen LogP contribution in [0.3, 0.4) is 0 Å². The molecule has 2 heteroatoms. The van der Waals surface area contributed by atoms with E-state index in [2.05, 4.69) is 47.2 Å². The van der Waals surface area contributed by atoms with E-state index >= 15 is 0 Å². The molecule has 1 aromatic carbocycles. The van der Waals surface area contributed by atoms with Crippen LogP contribution in [-0.4, -0.2) is 4.32 Å². The lowest BCUT2D eigenvalue weighted by Crippen LogP contribution is -2.17. The van der Waals surface area contributed by atoms with E-state index in [1.165, 1.54) is 44.6 Å². The minimum Gasteiger partial charge on any atom is -0.207 e. The molecule has 0 heterocycles. The van der Waals surface area contributed by atoms with Gasteiger partial charge in [-0.2, -0.15) is 0 Å². The third-order valence-corrected chi connectivity index (χ3v) is 5.26. The fourth-order valence-electron chi connectivity index (χ4n) is 2.94. The fourth-order valence-corrected chi connectivity index (χ4v) is 3.53. The molecule has 0 atom stereocenters. The molecule has 0 nitrogen and oxygen atoms in total. The Balaban J connectivity index is 1.83. The maximum Gasteiger partial charge on any atom is 0.127 e. The van der Waals surface area contributed by atoms with Crippen LogP contribution in [0.2, 0.25) is 0 Å². The molecule has 1 aromatic rings.